The Balaban J connectivity index is 1.79. The number of hydrogen-bond donors (Lipinski definition) is 2. The van der Waals surface area contributed by atoms with Gasteiger partial charge in [-0.25, -0.2) is 13.1 Å². The summed E-state index contributed by atoms with van der Waals surface area (Å²) in [5.41, 5.74) is 0.906. The fourth-order valence-corrected chi connectivity index (χ4v) is 3.36. The zero-order valence-corrected chi connectivity index (χ0v) is 16.1. The summed E-state index contributed by atoms with van der Waals surface area (Å²) in [6, 6.07) is 13.7. The van der Waals surface area contributed by atoms with E-state index >= 15 is 0 Å². The van der Waals surface area contributed by atoms with Crippen LogP contribution >= 0.6 is 15.9 Å². The highest BCUT2D eigenvalue weighted by Crippen LogP contribution is 2.14. The number of carbonyl (C=O) groups is 1. The largest absolute Gasteiger partial charge is 0.497 e. The van der Waals surface area contributed by atoms with Crippen molar-refractivity contribution in [1.29, 1.82) is 0 Å². The lowest BCUT2D eigenvalue weighted by molar-refractivity contribution is -0.121. The molecule has 0 bridgehead atoms. The SMILES string of the molecule is COc1cccc(CNC(=O)CCNS(=O)(=O)c2ccc(Br)cc2)c1. The van der Waals surface area contributed by atoms with Gasteiger partial charge in [0.25, 0.3) is 0 Å². The summed E-state index contributed by atoms with van der Waals surface area (Å²) in [7, 11) is -2.04. The Morgan fingerprint density at radius 1 is 1.16 bits per heavy atom. The van der Waals surface area contributed by atoms with Crippen LogP contribution in [-0.4, -0.2) is 28.0 Å². The average molecular weight is 427 g/mol. The third-order valence-corrected chi connectivity index (χ3v) is 5.40. The van der Waals surface area contributed by atoms with Crippen molar-refractivity contribution in [3.63, 3.8) is 0 Å². The van der Waals surface area contributed by atoms with E-state index in [1.165, 1.54) is 12.1 Å². The van der Waals surface area contributed by atoms with Crippen molar-refractivity contribution in [2.24, 2.45) is 0 Å². The van der Waals surface area contributed by atoms with Crippen molar-refractivity contribution >= 4 is 31.9 Å². The fourth-order valence-electron chi connectivity index (χ4n) is 2.07. The Hall–Kier alpha value is -1.90. The van der Waals surface area contributed by atoms with Crippen LogP contribution in [0.1, 0.15) is 12.0 Å². The van der Waals surface area contributed by atoms with Crippen molar-refractivity contribution in [1.82, 2.24) is 10.0 Å². The van der Waals surface area contributed by atoms with Gasteiger partial charge >= 0.3 is 0 Å². The van der Waals surface area contributed by atoms with E-state index in [9.17, 15) is 13.2 Å². The standard InChI is InChI=1S/C17H19BrN2O4S/c1-24-15-4-2-3-13(11-15)12-19-17(21)9-10-20-25(22,23)16-7-5-14(18)6-8-16/h2-8,11,20H,9-10,12H2,1H3,(H,19,21). The maximum atomic E-state index is 12.1. The van der Waals surface area contributed by atoms with Crippen LogP contribution in [0.25, 0.3) is 0 Å². The Morgan fingerprint density at radius 2 is 1.88 bits per heavy atom. The lowest BCUT2D eigenvalue weighted by atomic mass is 10.2. The molecule has 2 aromatic rings. The molecule has 25 heavy (non-hydrogen) atoms. The predicted octanol–water partition coefficient (Wildman–Crippen LogP) is 2.44. The monoisotopic (exact) mass is 426 g/mol. The van der Waals surface area contributed by atoms with Crippen LogP contribution in [0.4, 0.5) is 0 Å². The summed E-state index contributed by atoms with van der Waals surface area (Å²) in [5.74, 6) is 0.482. The molecule has 0 heterocycles. The smallest absolute Gasteiger partial charge is 0.240 e. The summed E-state index contributed by atoms with van der Waals surface area (Å²) >= 11 is 3.25. The number of carbonyl (C=O) groups excluding carboxylic acids is 1. The van der Waals surface area contributed by atoms with Gasteiger partial charge in [-0.05, 0) is 42.0 Å². The van der Waals surface area contributed by atoms with Crippen LogP contribution in [0.5, 0.6) is 5.75 Å². The van der Waals surface area contributed by atoms with Crippen LogP contribution in [0.2, 0.25) is 0 Å². The van der Waals surface area contributed by atoms with E-state index < -0.39 is 10.0 Å². The molecule has 0 spiro atoms. The van der Waals surface area contributed by atoms with E-state index in [1.807, 2.05) is 24.3 Å². The molecule has 2 rings (SSSR count). The van der Waals surface area contributed by atoms with Gasteiger partial charge in [-0.2, -0.15) is 0 Å². The molecule has 0 aliphatic rings. The number of rotatable bonds is 8. The number of methoxy groups -OCH3 is 1. The van der Waals surface area contributed by atoms with Gasteiger partial charge in [0.2, 0.25) is 15.9 Å². The molecule has 2 N–H and O–H groups in total. The Morgan fingerprint density at radius 3 is 2.56 bits per heavy atom. The van der Waals surface area contributed by atoms with Crippen molar-refractivity contribution in [2.75, 3.05) is 13.7 Å². The van der Waals surface area contributed by atoms with Gasteiger partial charge in [-0.1, -0.05) is 28.1 Å². The van der Waals surface area contributed by atoms with E-state index in [1.54, 1.807) is 19.2 Å². The average Bonchev–Trinajstić information content (AvgIpc) is 2.60. The van der Waals surface area contributed by atoms with Crippen molar-refractivity contribution in [3.8, 4) is 5.75 Å². The zero-order valence-electron chi connectivity index (χ0n) is 13.7. The molecule has 6 nitrogen and oxygen atoms in total. The van der Waals surface area contributed by atoms with Gasteiger partial charge in [0.05, 0.1) is 12.0 Å². The summed E-state index contributed by atoms with van der Waals surface area (Å²) in [6.45, 7) is 0.387. The normalized spacial score (nSPS) is 11.1. The minimum absolute atomic E-state index is 0.0301. The molecule has 0 saturated heterocycles. The van der Waals surface area contributed by atoms with Gasteiger partial charge in [0.15, 0.2) is 0 Å². The molecule has 8 heteroatoms. The number of nitrogens with one attached hydrogen (secondary N) is 2. The van der Waals surface area contributed by atoms with E-state index in [0.29, 0.717) is 12.3 Å². The first-order chi connectivity index (χ1) is 11.9. The molecule has 0 atom stereocenters. The minimum Gasteiger partial charge on any atom is -0.497 e. The maximum Gasteiger partial charge on any atom is 0.240 e. The Labute approximate surface area is 155 Å². The molecule has 134 valence electrons. The topological polar surface area (TPSA) is 84.5 Å². The van der Waals surface area contributed by atoms with Gasteiger partial charge in [-0.3, -0.25) is 4.79 Å². The van der Waals surface area contributed by atoms with Crippen LogP contribution < -0.4 is 14.8 Å². The second kappa shape index (κ2) is 8.98. The third-order valence-electron chi connectivity index (χ3n) is 3.39. The number of amides is 1. The first-order valence-electron chi connectivity index (χ1n) is 7.55. The van der Waals surface area contributed by atoms with Crippen LogP contribution in [0.3, 0.4) is 0 Å². The van der Waals surface area contributed by atoms with Crippen LogP contribution in [0.15, 0.2) is 57.9 Å². The van der Waals surface area contributed by atoms with Crippen LogP contribution in [-0.2, 0) is 21.4 Å². The maximum absolute atomic E-state index is 12.1. The van der Waals surface area contributed by atoms with Gasteiger partial charge in [0.1, 0.15) is 5.75 Å². The predicted molar refractivity (Wildman–Crippen MR) is 98.8 cm³/mol. The van der Waals surface area contributed by atoms with Crippen molar-refractivity contribution < 1.29 is 17.9 Å². The Kier molecular flexibility index (Phi) is 6.98. The lowest BCUT2D eigenvalue weighted by Crippen LogP contribution is -2.30. The minimum atomic E-state index is -3.62. The molecule has 1 amide bonds. The molecule has 0 aromatic heterocycles. The highest BCUT2D eigenvalue weighted by Gasteiger charge is 2.13. The summed E-state index contributed by atoms with van der Waals surface area (Å²) in [6.07, 6.45) is 0.0553. The quantitative estimate of drug-likeness (QED) is 0.678. The summed E-state index contributed by atoms with van der Waals surface area (Å²) < 4.78 is 32.5. The molecule has 0 fully saturated rings. The fraction of sp³-hybridized carbons (Fsp3) is 0.235. The molecule has 0 radical (unpaired) electrons. The summed E-state index contributed by atoms with van der Waals surface area (Å²) in [4.78, 5) is 12.0. The van der Waals surface area contributed by atoms with E-state index in [0.717, 1.165) is 10.0 Å². The highest BCUT2D eigenvalue weighted by atomic mass is 79.9. The molecule has 0 unspecified atom stereocenters. The molecule has 0 aliphatic heterocycles. The van der Waals surface area contributed by atoms with Crippen LogP contribution in [0, 0.1) is 0 Å². The van der Waals surface area contributed by atoms with Gasteiger partial charge in [-0.15, -0.1) is 0 Å². The first-order valence-corrected chi connectivity index (χ1v) is 9.83. The first kappa shape index (κ1) is 19.4. The highest BCUT2D eigenvalue weighted by molar-refractivity contribution is 9.10. The number of hydrogen-bond acceptors (Lipinski definition) is 4. The Bertz CT molecular complexity index is 823. The van der Waals surface area contributed by atoms with E-state index in [4.69, 9.17) is 4.74 Å². The second-order valence-corrected chi connectivity index (χ2v) is 7.91. The van der Waals surface area contributed by atoms with Crippen molar-refractivity contribution in [2.45, 2.75) is 17.9 Å². The van der Waals surface area contributed by atoms with Gasteiger partial charge < -0.3 is 10.1 Å². The molecule has 0 aliphatic carbocycles. The third kappa shape index (κ3) is 6.15. The summed E-state index contributed by atoms with van der Waals surface area (Å²) in [5, 5.41) is 2.75. The van der Waals surface area contributed by atoms with E-state index in [2.05, 4.69) is 26.0 Å². The zero-order chi connectivity index (χ0) is 18.3. The van der Waals surface area contributed by atoms with Gasteiger partial charge in [0, 0.05) is 24.0 Å². The number of ether oxygens (including phenoxy) is 1. The second-order valence-electron chi connectivity index (χ2n) is 5.23. The lowest BCUT2D eigenvalue weighted by Gasteiger charge is -2.08. The van der Waals surface area contributed by atoms with E-state index in [-0.39, 0.29) is 23.8 Å². The molecular weight excluding hydrogens is 408 g/mol. The molecule has 0 saturated carbocycles. The number of benzene rings is 2. The number of sulfonamides is 1. The molecule has 2 aromatic carbocycles. The molecular formula is C17H19BrN2O4S. The number of halogens is 1. The van der Waals surface area contributed by atoms with Crippen molar-refractivity contribution in [3.05, 3.63) is 58.6 Å².